The smallest absolute Gasteiger partial charge is 0.322 e. The Morgan fingerprint density at radius 3 is 1.34 bits per heavy atom. The van der Waals surface area contributed by atoms with E-state index in [1.807, 2.05) is 5.32 Å². The molecule has 0 saturated heterocycles. The molecule has 0 unspecified atom stereocenters. The van der Waals surface area contributed by atoms with Crippen LogP contribution in [0.3, 0.4) is 0 Å². The number of carboxylic acids is 2. The van der Waals surface area contributed by atoms with Crippen molar-refractivity contribution in [2.24, 2.45) is 28.3 Å². The number of amides is 13. The molecule has 0 saturated carbocycles. The topological polar surface area (TPSA) is 618 Å². The standard InChI is InChI=1S/C57H92N16O22/c1-26(2)19-35(67-56(95)45(30(7)78)73-50(89)36(20-32-13-10-9-11-14-32)66-52(91)39(25-76)69-47(86)33(64-31(8)79)15-12-18-60-57(58)59)49(88)63-28(5)46(85)68-37(23-74)53(92)70-38(24-75)51(90)65-34(16-17-41(81)82)48(87)72-44(29(6)77)55(94)61-21-40(80)71-43(27(3)4)54(93)62-22-42(83)84/h9-11,13-14,26-30,33-39,43-45,74-78H,12,15-25H2,1-8H3,(H,61,94)(H,62,93)(H,63,88)(H,64,79)(H,65,90)(H,66,91)(H,67,95)(H,68,85)(H,69,86)(H,70,92)(H,71,80)(H,72,87)(H,73,89)(H,81,82)(H,83,84)(H4,58,59,60)/t28-,29+,30+,33+,34-,35-,36-,37-,38-,39-,43-,44-,45-/m0/s1. The zero-order chi connectivity index (χ0) is 72.4. The summed E-state index contributed by atoms with van der Waals surface area (Å²) in [6, 6.07) is -10.2. The summed E-state index contributed by atoms with van der Waals surface area (Å²) >= 11 is 0. The second-order valence-electron chi connectivity index (χ2n) is 22.7. The van der Waals surface area contributed by atoms with Crippen molar-refractivity contribution in [1.29, 1.82) is 0 Å². The Labute approximate surface area is 546 Å². The molecule has 532 valence electrons. The summed E-state index contributed by atoms with van der Waals surface area (Å²) in [6.45, 7) is 5.93. The second kappa shape index (κ2) is 42.5. The molecular formula is C57H92N16O22. The summed E-state index contributed by atoms with van der Waals surface area (Å²) < 4.78 is 0. The van der Waals surface area contributed by atoms with E-state index in [-0.39, 0.29) is 44.1 Å². The third-order valence-electron chi connectivity index (χ3n) is 13.6. The quantitative estimate of drug-likeness (QED) is 0.0164. The Bertz CT molecular complexity index is 2840. The van der Waals surface area contributed by atoms with Crippen molar-refractivity contribution in [2.75, 3.05) is 39.5 Å². The van der Waals surface area contributed by atoms with Crippen LogP contribution in [0.1, 0.15) is 93.1 Å². The fourth-order valence-electron chi connectivity index (χ4n) is 8.55. The number of hydrogen-bond donors (Lipinski definition) is 22. The van der Waals surface area contributed by atoms with Crippen LogP contribution in [0.5, 0.6) is 0 Å². The average molecular weight is 1350 g/mol. The van der Waals surface area contributed by atoms with E-state index in [2.05, 4.69) is 68.8 Å². The van der Waals surface area contributed by atoms with Gasteiger partial charge in [0.1, 0.15) is 73.0 Å². The van der Waals surface area contributed by atoms with Gasteiger partial charge < -0.3 is 116 Å². The molecule has 0 aromatic heterocycles. The number of guanidine groups is 1. The average Bonchev–Trinajstić information content (AvgIpc) is 0.999. The molecule has 0 aliphatic carbocycles. The van der Waals surface area contributed by atoms with Gasteiger partial charge in [-0.1, -0.05) is 58.0 Å². The highest BCUT2D eigenvalue weighted by Gasteiger charge is 2.37. The third kappa shape index (κ3) is 31.7. The number of rotatable bonds is 43. The van der Waals surface area contributed by atoms with Crippen LogP contribution in [-0.4, -0.2) is 249 Å². The highest BCUT2D eigenvalue weighted by Crippen LogP contribution is 2.11. The largest absolute Gasteiger partial charge is 0.481 e. The van der Waals surface area contributed by atoms with Gasteiger partial charge in [-0.15, -0.1) is 0 Å². The molecule has 95 heavy (non-hydrogen) atoms. The van der Waals surface area contributed by atoms with Crippen LogP contribution in [0.25, 0.3) is 0 Å². The number of carboxylic acid groups (broad SMARTS) is 2. The zero-order valence-corrected chi connectivity index (χ0v) is 53.9. The summed E-state index contributed by atoms with van der Waals surface area (Å²) in [4.78, 5) is 199. The first-order valence-corrected chi connectivity index (χ1v) is 30.0. The van der Waals surface area contributed by atoms with E-state index in [9.17, 15) is 103 Å². The second-order valence-corrected chi connectivity index (χ2v) is 22.7. The van der Waals surface area contributed by atoms with Gasteiger partial charge >= 0.3 is 11.9 Å². The fraction of sp³-hybridized carbons (Fsp3) is 0.614. The molecule has 0 fully saturated rings. The van der Waals surface area contributed by atoms with Crippen LogP contribution < -0.4 is 80.6 Å². The highest BCUT2D eigenvalue weighted by molar-refractivity contribution is 6.00. The van der Waals surface area contributed by atoms with Gasteiger partial charge in [-0.05, 0) is 63.9 Å². The number of nitrogens with two attached hydrogens (primary N) is 2. The van der Waals surface area contributed by atoms with Crippen molar-refractivity contribution < 1.29 is 108 Å². The lowest BCUT2D eigenvalue weighted by molar-refractivity contribution is -0.139. The van der Waals surface area contributed by atoms with Crippen molar-refractivity contribution in [1.82, 2.24) is 69.1 Å². The number of aliphatic hydroxyl groups excluding tert-OH is 5. The van der Waals surface area contributed by atoms with E-state index in [1.54, 1.807) is 44.2 Å². The van der Waals surface area contributed by atoms with E-state index in [4.69, 9.17) is 16.6 Å². The molecule has 1 rings (SSSR count). The molecule has 0 aliphatic heterocycles. The minimum absolute atomic E-state index is 0.00599. The van der Waals surface area contributed by atoms with Gasteiger partial charge in [0.2, 0.25) is 76.8 Å². The molecule has 24 N–H and O–H groups in total. The number of nitrogens with zero attached hydrogens (tertiary/aromatic N) is 1. The van der Waals surface area contributed by atoms with Gasteiger partial charge in [-0.3, -0.25) is 76.9 Å². The fourth-order valence-corrected chi connectivity index (χ4v) is 8.55. The lowest BCUT2D eigenvalue weighted by atomic mass is 10.0. The number of carbonyl (C=O) groups is 15. The predicted molar refractivity (Wildman–Crippen MR) is 332 cm³/mol. The van der Waals surface area contributed by atoms with Gasteiger partial charge in [0, 0.05) is 26.3 Å². The minimum atomic E-state index is -2.00. The summed E-state index contributed by atoms with van der Waals surface area (Å²) in [7, 11) is 0. The molecule has 13 atom stereocenters. The molecule has 0 bridgehead atoms. The molecule has 13 amide bonds. The molecule has 0 spiro atoms. The van der Waals surface area contributed by atoms with Crippen molar-refractivity contribution in [3.8, 4) is 0 Å². The third-order valence-corrected chi connectivity index (χ3v) is 13.6. The van der Waals surface area contributed by atoms with Gasteiger partial charge in [0.15, 0.2) is 5.96 Å². The molecule has 38 heteroatoms. The predicted octanol–water partition coefficient (Wildman–Crippen LogP) is -9.72. The first-order valence-electron chi connectivity index (χ1n) is 30.0. The van der Waals surface area contributed by atoms with Gasteiger partial charge in [-0.2, -0.15) is 0 Å². The number of benzene rings is 1. The molecule has 1 aromatic rings. The number of hydrogen-bond acceptors (Lipinski definition) is 21. The molecular weight excluding hydrogens is 1260 g/mol. The van der Waals surface area contributed by atoms with Crippen LogP contribution in [0.15, 0.2) is 35.3 Å². The van der Waals surface area contributed by atoms with E-state index in [1.165, 1.54) is 13.8 Å². The van der Waals surface area contributed by atoms with Crippen molar-refractivity contribution in [3.05, 3.63) is 35.9 Å². The SMILES string of the molecule is CC(=O)N[C@H](CCCN=C(N)N)C(=O)N[C@@H](CO)C(=O)N[C@@H](Cc1ccccc1)C(=O)N[C@H](C(=O)N[C@@H](CC(C)C)C(=O)N[C@@H](C)C(=O)N[C@@H](CO)C(=O)N[C@@H](CO)C(=O)N[C@@H](CCC(=O)O)C(=O)N[C@H](C(=O)NCC(=O)N[C@H](C(=O)NCC(=O)O)C(C)C)[C@@H](C)O)[C@@H](C)O. The van der Waals surface area contributed by atoms with E-state index in [0.717, 1.165) is 27.7 Å². The first kappa shape index (κ1) is 83.4. The number of carbonyl (C=O) groups excluding carboxylic acids is 13. The zero-order valence-electron chi connectivity index (χ0n) is 53.9. The first-order chi connectivity index (χ1) is 44.5. The van der Waals surface area contributed by atoms with Gasteiger partial charge in [0.25, 0.3) is 0 Å². The van der Waals surface area contributed by atoms with Crippen LogP contribution in [0.4, 0.5) is 0 Å². The summed E-state index contributed by atoms with van der Waals surface area (Å²) in [6.07, 6.45) is -5.06. The van der Waals surface area contributed by atoms with Crippen LogP contribution >= 0.6 is 0 Å². The number of aliphatic hydroxyl groups is 5. The molecule has 1 aromatic carbocycles. The monoisotopic (exact) mass is 1350 g/mol. The molecule has 0 radical (unpaired) electrons. The maximum absolute atomic E-state index is 14.1. The van der Waals surface area contributed by atoms with Gasteiger partial charge in [-0.25, -0.2) is 0 Å². The summed E-state index contributed by atoms with van der Waals surface area (Å²) in [5, 5.41) is 99.4. The molecule has 38 nitrogen and oxygen atoms in total. The highest BCUT2D eigenvalue weighted by atomic mass is 16.4. The minimum Gasteiger partial charge on any atom is -0.481 e. The Hall–Kier alpha value is -9.66. The van der Waals surface area contributed by atoms with Crippen molar-refractivity contribution in [2.45, 2.75) is 173 Å². The van der Waals surface area contributed by atoms with Crippen molar-refractivity contribution in [3.63, 3.8) is 0 Å². The Kier molecular flexibility index (Phi) is 37.3. The molecule has 0 aliphatic rings. The number of nitrogens with one attached hydrogen (secondary N) is 13. The summed E-state index contributed by atoms with van der Waals surface area (Å²) in [5.41, 5.74) is 11.2. The normalized spacial score (nSPS) is 15.1. The number of aliphatic carboxylic acids is 2. The molecule has 0 heterocycles. The summed E-state index contributed by atoms with van der Waals surface area (Å²) in [5.74, 6) is -17.9. The lowest BCUT2D eigenvalue weighted by Gasteiger charge is -2.28. The Balaban J connectivity index is 3.26. The van der Waals surface area contributed by atoms with Gasteiger partial charge in [0.05, 0.1) is 38.6 Å². The van der Waals surface area contributed by atoms with Crippen LogP contribution in [0.2, 0.25) is 0 Å². The van der Waals surface area contributed by atoms with E-state index >= 15 is 0 Å². The Morgan fingerprint density at radius 1 is 0.453 bits per heavy atom. The maximum Gasteiger partial charge on any atom is 0.322 e. The Morgan fingerprint density at radius 2 is 0.874 bits per heavy atom. The maximum atomic E-state index is 14.1. The van der Waals surface area contributed by atoms with Crippen LogP contribution in [0, 0.1) is 11.8 Å². The van der Waals surface area contributed by atoms with E-state index < -0.39 is 219 Å². The van der Waals surface area contributed by atoms with Crippen molar-refractivity contribution >= 4 is 94.7 Å². The van der Waals surface area contributed by atoms with E-state index in [0.29, 0.717) is 5.56 Å². The van der Waals surface area contributed by atoms with Crippen LogP contribution in [-0.2, 0) is 78.3 Å². The number of aliphatic imine (C=N–C) groups is 1. The lowest BCUT2D eigenvalue weighted by Crippen LogP contribution is -2.62.